The maximum absolute atomic E-state index is 12.1. The molecule has 2 rings (SSSR count). The molecule has 2 aromatic carbocycles. The van der Waals surface area contributed by atoms with Gasteiger partial charge in [-0.2, -0.15) is 0 Å². The lowest BCUT2D eigenvalue weighted by Gasteiger charge is -2.16. The van der Waals surface area contributed by atoms with Gasteiger partial charge in [-0.05, 0) is 30.7 Å². The minimum absolute atomic E-state index is 0.169. The Morgan fingerprint density at radius 1 is 0.821 bits per heavy atom. The molecule has 1 atom stereocenters. The molecule has 0 fully saturated rings. The van der Waals surface area contributed by atoms with Crippen molar-refractivity contribution < 1.29 is 39.9 Å². The summed E-state index contributed by atoms with van der Waals surface area (Å²) in [4.78, 5) is 35.5. The second kappa shape index (κ2) is 8.62. The summed E-state index contributed by atoms with van der Waals surface area (Å²) in [6, 6.07) is 6.09. The summed E-state index contributed by atoms with van der Waals surface area (Å²) in [6.07, 6.45) is -0.202. The third-order valence-electron chi connectivity index (χ3n) is 3.84. The first-order valence-electron chi connectivity index (χ1n) is 8.06. The number of hydrogen-bond donors (Lipinski definition) is 7. The zero-order valence-electron chi connectivity index (χ0n) is 14.4. The van der Waals surface area contributed by atoms with Crippen LogP contribution in [0.15, 0.2) is 36.4 Å². The molecule has 7 N–H and O–H groups in total. The average molecular weight is 390 g/mol. The summed E-state index contributed by atoms with van der Waals surface area (Å²) in [6.45, 7) is -0.169. The fourth-order valence-corrected chi connectivity index (χ4v) is 2.35. The van der Waals surface area contributed by atoms with E-state index in [-0.39, 0.29) is 24.1 Å². The molecule has 148 valence electrons. The number of carbonyl (C=O) groups is 3. The van der Waals surface area contributed by atoms with Gasteiger partial charge in [0.15, 0.2) is 23.0 Å². The van der Waals surface area contributed by atoms with Crippen molar-refractivity contribution in [1.29, 1.82) is 0 Å². The lowest BCUT2D eigenvalue weighted by atomic mass is 10.1. The van der Waals surface area contributed by atoms with E-state index in [9.17, 15) is 39.9 Å². The molecular weight excluding hydrogens is 372 g/mol. The zero-order valence-corrected chi connectivity index (χ0v) is 14.4. The molecule has 10 heteroatoms. The lowest BCUT2D eigenvalue weighted by Crippen LogP contribution is -2.43. The standard InChI is InChI=1S/C18H18N2O8/c21-12-5-1-3-9(14(12)23)16(25)19-8-7-11(18(27)28)20-17(26)10-4-2-6-13(22)15(10)24/h1-6,11,21-24H,7-8H2,(H,19,25)(H,20,26)(H,27,28). The van der Waals surface area contributed by atoms with Crippen LogP contribution in [0.1, 0.15) is 27.1 Å². The third-order valence-corrected chi connectivity index (χ3v) is 3.84. The Balaban J connectivity index is 1.99. The second-order valence-corrected chi connectivity index (χ2v) is 5.76. The van der Waals surface area contributed by atoms with Crippen LogP contribution in [-0.2, 0) is 4.79 Å². The molecule has 10 nitrogen and oxygen atoms in total. The number of aromatic hydroxyl groups is 4. The summed E-state index contributed by atoms with van der Waals surface area (Å²) >= 11 is 0. The maximum Gasteiger partial charge on any atom is 0.326 e. The number of carbonyl (C=O) groups excluding carboxylic acids is 2. The Bertz CT molecular complexity index is 912. The SMILES string of the molecule is O=C(NCCC(NC(=O)c1cccc(O)c1O)C(=O)O)c1cccc(O)c1O. The summed E-state index contributed by atoms with van der Waals surface area (Å²) in [7, 11) is 0. The molecule has 0 spiro atoms. The number of carboxylic acid groups (broad SMARTS) is 1. The van der Waals surface area contributed by atoms with Crippen LogP contribution in [0.25, 0.3) is 0 Å². The van der Waals surface area contributed by atoms with Gasteiger partial charge in [-0.25, -0.2) is 4.79 Å². The van der Waals surface area contributed by atoms with Crippen molar-refractivity contribution in [1.82, 2.24) is 10.6 Å². The van der Waals surface area contributed by atoms with Gasteiger partial charge >= 0.3 is 5.97 Å². The predicted molar refractivity (Wildman–Crippen MR) is 95.4 cm³/mol. The van der Waals surface area contributed by atoms with Gasteiger partial charge in [0, 0.05) is 6.54 Å². The van der Waals surface area contributed by atoms with Crippen molar-refractivity contribution >= 4 is 17.8 Å². The van der Waals surface area contributed by atoms with Gasteiger partial charge in [-0.1, -0.05) is 12.1 Å². The minimum Gasteiger partial charge on any atom is -0.504 e. The van der Waals surface area contributed by atoms with Crippen LogP contribution in [0.3, 0.4) is 0 Å². The molecule has 2 aromatic rings. The molecular formula is C18H18N2O8. The van der Waals surface area contributed by atoms with Gasteiger partial charge in [-0.15, -0.1) is 0 Å². The Kier molecular flexibility index (Phi) is 6.27. The van der Waals surface area contributed by atoms with E-state index in [1.54, 1.807) is 0 Å². The van der Waals surface area contributed by atoms with Crippen molar-refractivity contribution in [3.63, 3.8) is 0 Å². The van der Waals surface area contributed by atoms with Crippen LogP contribution in [-0.4, -0.2) is 55.9 Å². The highest BCUT2D eigenvalue weighted by Crippen LogP contribution is 2.28. The smallest absolute Gasteiger partial charge is 0.326 e. The number of hydrogen-bond acceptors (Lipinski definition) is 7. The zero-order chi connectivity index (χ0) is 20.8. The Morgan fingerprint density at radius 3 is 1.82 bits per heavy atom. The molecule has 0 aliphatic rings. The van der Waals surface area contributed by atoms with Gasteiger partial charge in [0.05, 0.1) is 11.1 Å². The molecule has 28 heavy (non-hydrogen) atoms. The topological polar surface area (TPSA) is 176 Å². The Hall–Kier alpha value is -3.95. The quantitative estimate of drug-likeness (QED) is 0.334. The molecule has 2 amide bonds. The van der Waals surface area contributed by atoms with Gasteiger partial charge in [0.1, 0.15) is 6.04 Å². The monoisotopic (exact) mass is 390 g/mol. The third kappa shape index (κ3) is 4.61. The number of amides is 2. The van der Waals surface area contributed by atoms with E-state index in [2.05, 4.69) is 10.6 Å². The number of para-hydroxylation sites is 2. The first-order valence-corrected chi connectivity index (χ1v) is 8.06. The van der Waals surface area contributed by atoms with Crippen LogP contribution in [0.2, 0.25) is 0 Å². The number of carboxylic acids is 1. The number of aliphatic carboxylic acids is 1. The van der Waals surface area contributed by atoms with Gasteiger partial charge in [0.25, 0.3) is 11.8 Å². The minimum atomic E-state index is -1.40. The van der Waals surface area contributed by atoms with Crippen LogP contribution in [0, 0.1) is 0 Å². The van der Waals surface area contributed by atoms with Crippen molar-refractivity contribution in [2.24, 2.45) is 0 Å². The normalized spacial score (nSPS) is 11.4. The van der Waals surface area contributed by atoms with E-state index in [0.717, 1.165) is 6.07 Å². The molecule has 0 aliphatic carbocycles. The predicted octanol–water partition coefficient (Wildman–Crippen LogP) is 0.512. The van der Waals surface area contributed by atoms with Gasteiger partial charge in [-0.3, -0.25) is 9.59 Å². The molecule has 1 unspecified atom stereocenters. The number of rotatable bonds is 7. The Labute approximate surface area is 158 Å². The van der Waals surface area contributed by atoms with E-state index in [1.807, 2.05) is 0 Å². The maximum atomic E-state index is 12.1. The van der Waals surface area contributed by atoms with Crippen LogP contribution >= 0.6 is 0 Å². The average Bonchev–Trinajstić information content (AvgIpc) is 2.64. The fraction of sp³-hybridized carbons (Fsp3) is 0.167. The highest BCUT2D eigenvalue weighted by Gasteiger charge is 2.23. The number of phenols is 4. The fourth-order valence-electron chi connectivity index (χ4n) is 2.35. The number of benzene rings is 2. The van der Waals surface area contributed by atoms with E-state index < -0.39 is 46.8 Å². The van der Waals surface area contributed by atoms with E-state index >= 15 is 0 Å². The van der Waals surface area contributed by atoms with Crippen molar-refractivity contribution in [3.05, 3.63) is 47.5 Å². The molecule has 0 aliphatic heterocycles. The molecule has 0 radical (unpaired) electrons. The largest absolute Gasteiger partial charge is 0.504 e. The van der Waals surface area contributed by atoms with Crippen LogP contribution in [0.4, 0.5) is 0 Å². The van der Waals surface area contributed by atoms with E-state index in [0.29, 0.717) is 0 Å². The van der Waals surface area contributed by atoms with Crippen molar-refractivity contribution in [3.8, 4) is 23.0 Å². The summed E-state index contributed by atoms with van der Waals surface area (Å²) in [5.41, 5.74) is -0.499. The van der Waals surface area contributed by atoms with Gasteiger partial charge in [0.2, 0.25) is 0 Å². The second-order valence-electron chi connectivity index (χ2n) is 5.76. The van der Waals surface area contributed by atoms with Gasteiger partial charge < -0.3 is 36.2 Å². The van der Waals surface area contributed by atoms with Crippen molar-refractivity contribution in [2.75, 3.05) is 6.54 Å². The molecule has 0 saturated carbocycles. The van der Waals surface area contributed by atoms with E-state index in [4.69, 9.17) is 0 Å². The summed E-state index contributed by atoms with van der Waals surface area (Å²) < 4.78 is 0. The van der Waals surface area contributed by atoms with Crippen LogP contribution < -0.4 is 10.6 Å². The lowest BCUT2D eigenvalue weighted by molar-refractivity contribution is -0.139. The van der Waals surface area contributed by atoms with Crippen LogP contribution in [0.5, 0.6) is 23.0 Å². The molecule has 0 bridgehead atoms. The Morgan fingerprint density at radius 2 is 1.32 bits per heavy atom. The number of nitrogens with one attached hydrogen (secondary N) is 2. The summed E-state index contributed by atoms with van der Waals surface area (Å²) in [5.74, 6) is -5.33. The molecule has 0 saturated heterocycles. The van der Waals surface area contributed by atoms with Crippen molar-refractivity contribution in [2.45, 2.75) is 12.5 Å². The first-order chi connectivity index (χ1) is 13.2. The highest BCUT2D eigenvalue weighted by atomic mass is 16.4. The molecule has 0 aromatic heterocycles. The van der Waals surface area contributed by atoms with E-state index in [1.165, 1.54) is 30.3 Å². The molecule has 0 heterocycles. The summed E-state index contributed by atoms with van der Waals surface area (Å²) in [5, 5.41) is 51.9. The number of phenolic OH excluding ortho intramolecular Hbond substituents is 4. The first kappa shape index (κ1) is 20.4. The highest BCUT2D eigenvalue weighted by molar-refractivity contribution is 5.99.